The van der Waals surface area contributed by atoms with Crippen molar-refractivity contribution in [2.45, 2.75) is 6.92 Å². The molecule has 0 aliphatic carbocycles. The summed E-state index contributed by atoms with van der Waals surface area (Å²) in [6.07, 6.45) is 2.86. The summed E-state index contributed by atoms with van der Waals surface area (Å²) in [6.45, 7) is 5.63. The molecule has 1 aromatic rings. The van der Waals surface area contributed by atoms with Crippen LogP contribution >= 0.6 is 15.9 Å². The summed E-state index contributed by atoms with van der Waals surface area (Å²) < 4.78 is 1.07. The zero-order valence-electron chi connectivity index (χ0n) is 5.82. The first-order valence-corrected chi connectivity index (χ1v) is 3.82. The molecule has 0 amide bonds. The molecule has 0 bridgehead atoms. The first-order chi connectivity index (χ1) is 4.74. The van der Waals surface area contributed by atoms with E-state index in [0.29, 0.717) is 0 Å². The van der Waals surface area contributed by atoms with Crippen LogP contribution in [-0.4, -0.2) is 0 Å². The summed E-state index contributed by atoms with van der Waals surface area (Å²) in [7, 11) is 0. The monoisotopic (exact) mass is 195 g/mol. The Morgan fingerprint density at radius 2 is 2.20 bits per heavy atom. The number of aryl methyl sites for hydroxylation is 1. The highest BCUT2D eigenvalue weighted by Gasteiger charge is 1.92. The Labute approximate surface area is 69.7 Å². The first kappa shape index (κ1) is 7.55. The second-order valence-corrected chi connectivity index (χ2v) is 3.05. The third kappa shape index (κ3) is 1.48. The maximum atomic E-state index is 3.59. The van der Waals surface area contributed by atoms with Crippen LogP contribution in [0.3, 0.4) is 0 Å². The number of benzene rings is 1. The molecule has 1 radical (unpaired) electrons. The number of rotatable bonds is 1. The Morgan fingerprint density at radius 1 is 1.50 bits per heavy atom. The Morgan fingerprint density at radius 3 is 2.70 bits per heavy atom. The lowest BCUT2D eigenvalue weighted by atomic mass is 10.1. The molecule has 0 atom stereocenters. The summed E-state index contributed by atoms with van der Waals surface area (Å²) in [6, 6.07) is 6.05. The van der Waals surface area contributed by atoms with E-state index in [1.165, 1.54) is 5.56 Å². The van der Waals surface area contributed by atoms with Crippen LogP contribution in [0.2, 0.25) is 0 Å². The van der Waals surface area contributed by atoms with Gasteiger partial charge < -0.3 is 0 Å². The van der Waals surface area contributed by atoms with Crippen molar-refractivity contribution in [3.05, 3.63) is 46.5 Å². The zero-order chi connectivity index (χ0) is 7.56. The fourth-order valence-electron chi connectivity index (χ4n) is 0.785. The molecule has 0 spiro atoms. The largest absolute Gasteiger partial charge is 0.0905 e. The third-order valence-electron chi connectivity index (χ3n) is 1.39. The topological polar surface area (TPSA) is 0 Å². The normalized spacial score (nSPS) is 9.40. The molecule has 0 nitrogen and oxygen atoms in total. The van der Waals surface area contributed by atoms with Crippen molar-refractivity contribution in [2.75, 3.05) is 0 Å². The Bertz CT molecular complexity index is 251. The van der Waals surface area contributed by atoms with E-state index < -0.39 is 0 Å². The standard InChI is InChI=1S/C9H8Br/c1-3-8-6-9(10)5-4-7(8)2/h4-6H,1H2,2H3. The molecular formula is C9H8Br. The lowest BCUT2D eigenvalue weighted by Crippen LogP contribution is -1.79. The Kier molecular flexibility index (Phi) is 2.28. The molecule has 0 N–H and O–H groups in total. The molecule has 0 saturated carbocycles. The van der Waals surface area contributed by atoms with Gasteiger partial charge >= 0.3 is 0 Å². The molecule has 10 heavy (non-hydrogen) atoms. The van der Waals surface area contributed by atoms with Gasteiger partial charge in [-0.25, -0.2) is 0 Å². The van der Waals surface area contributed by atoms with Gasteiger partial charge in [-0.2, -0.15) is 0 Å². The zero-order valence-corrected chi connectivity index (χ0v) is 7.40. The minimum Gasteiger partial charge on any atom is -0.0905 e. The van der Waals surface area contributed by atoms with E-state index in [1.807, 2.05) is 25.1 Å². The molecule has 1 heteroatoms. The van der Waals surface area contributed by atoms with Gasteiger partial charge in [0, 0.05) is 4.47 Å². The lowest BCUT2D eigenvalue weighted by molar-refractivity contribution is 1.39. The van der Waals surface area contributed by atoms with Gasteiger partial charge in [0.25, 0.3) is 0 Å². The molecule has 1 aromatic carbocycles. The average Bonchev–Trinajstić information content (AvgIpc) is 1.94. The molecule has 0 saturated heterocycles. The van der Waals surface area contributed by atoms with Crippen molar-refractivity contribution < 1.29 is 0 Å². The summed E-state index contributed by atoms with van der Waals surface area (Å²) in [5, 5.41) is 0. The number of hydrogen-bond acceptors (Lipinski definition) is 0. The predicted molar refractivity (Wildman–Crippen MR) is 46.9 cm³/mol. The Balaban J connectivity index is 3.21. The van der Waals surface area contributed by atoms with Gasteiger partial charge in [-0.15, -0.1) is 0 Å². The van der Waals surface area contributed by atoms with Gasteiger partial charge in [0.05, 0.1) is 0 Å². The second kappa shape index (κ2) is 3.02. The molecular weight excluding hydrogens is 188 g/mol. The van der Waals surface area contributed by atoms with E-state index in [9.17, 15) is 0 Å². The second-order valence-electron chi connectivity index (χ2n) is 2.14. The minimum atomic E-state index is 1.06. The highest BCUT2D eigenvalue weighted by Crippen LogP contribution is 2.15. The van der Waals surface area contributed by atoms with Crippen LogP contribution in [0.1, 0.15) is 11.1 Å². The summed E-state index contributed by atoms with van der Waals surface area (Å²) in [5.74, 6) is 0. The van der Waals surface area contributed by atoms with Crippen LogP contribution in [0.5, 0.6) is 0 Å². The first-order valence-electron chi connectivity index (χ1n) is 3.03. The maximum absolute atomic E-state index is 3.59. The smallest absolute Gasteiger partial charge is 0.0181 e. The summed E-state index contributed by atoms with van der Waals surface area (Å²) in [4.78, 5) is 0. The van der Waals surface area contributed by atoms with Crippen molar-refractivity contribution in [3.8, 4) is 0 Å². The Hall–Kier alpha value is -0.560. The van der Waals surface area contributed by atoms with Crippen molar-refractivity contribution in [1.82, 2.24) is 0 Å². The van der Waals surface area contributed by atoms with Crippen LogP contribution in [0.15, 0.2) is 29.3 Å². The van der Waals surface area contributed by atoms with Gasteiger partial charge in [0.1, 0.15) is 0 Å². The van der Waals surface area contributed by atoms with E-state index in [-0.39, 0.29) is 0 Å². The van der Waals surface area contributed by atoms with Gasteiger partial charge in [0.2, 0.25) is 0 Å². The van der Waals surface area contributed by atoms with Crippen LogP contribution in [0.4, 0.5) is 0 Å². The molecule has 1 rings (SSSR count). The quantitative estimate of drug-likeness (QED) is 0.647. The highest BCUT2D eigenvalue weighted by molar-refractivity contribution is 9.10. The van der Waals surface area contributed by atoms with Gasteiger partial charge in [-0.05, 0) is 36.3 Å². The molecule has 0 heterocycles. The van der Waals surface area contributed by atoms with E-state index in [4.69, 9.17) is 0 Å². The molecule has 0 aliphatic heterocycles. The van der Waals surface area contributed by atoms with E-state index in [2.05, 4.69) is 28.6 Å². The number of hydrogen-bond donors (Lipinski definition) is 0. The average molecular weight is 196 g/mol. The molecule has 0 unspecified atom stereocenters. The summed E-state index contributed by atoms with van der Waals surface area (Å²) >= 11 is 3.37. The lowest BCUT2D eigenvalue weighted by Gasteiger charge is -1.98. The van der Waals surface area contributed by atoms with E-state index >= 15 is 0 Å². The van der Waals surface area contributed by atoms with Crippen molar-refractivity contribution >= 4 is 15.9 Å². The molecule has 0 aliphatic rings. The van der Waals surface area contributed by atoms with Crippen molar-refractivity contribution in [3.63, 3.8) is 0 Å². The molecule has 51 valence electrons. The van der Waals surface area contributed by atoms with Crippen LogP contribution in [-0.2, 0) is 0 Å². The van der Waals surface area contributed by atoms with Crippen molar-refractivity contribution in [1.29, 1.82) is 0 Å². The third-order valence-corrected chi connectivity index (χ3v) is 1.88. The predicted octanol–water partition coefficient (Wildman–Crippen LogP) is 3.09. The molecule has 0 aromatic heterocycles. The maximum Gasteiger partial charge on any atom is 0.0181 e. The van der Waals surface area contributed by atoms with Crippen LogP contribution < -0.4 is 0 Å². The van der Waals surface area contributed by atoms with Crippen LogP contribution in [0, 0.1) is 13.0 Å². The highest BCUT2D eigenvalue weighted by atomic mass is 79.9. The van der Waals surface area contributed by atoms with Gasteiger partial charge in [0.15, 0.2) is 0 Å². The van der Waals surface area contributed by atoms with Gasteiger partial charge in [-0.3, -0.25) is 0 Å². The van der Waals surface area contributed by atoms with Crippen LogP contribution in [0.25, 0.3) is 0 Å². The van der Waals surface area contributed by atoms with E-state index in [1.54, 1.807) is 0 Å². The SMILES string of the molecule is C=[C]c1cc(Br)ccc1C. The van der Waals surface area contributed by atoms with Gasteiger partial charge in [-0.1, -0.05) is 28.6 Å². The fourth-order valence-corrected chi connectivity index (χ4v) is 1.15. The minimum absolute atomic E-state index is 1.06. The molecule has 0 fully saturated rings. The van der Waals surface area contributed by atoms with E-state index in [0.717, 1.165) is 10.0 Å². The number of halogens is 1. The van der Waals surface area contributed by atoms with Crippen molar-refractivity contribution in [2.24, 2.45) is 0 Å². The summed E-state index contributed by atoms with van der Waals surface area (Å²) in [5.41, 5.74) is 2.27. The fraction of sp³-hybridized carbons (Fsp3) is 0.111.